The maximum atomic E-state index is 5.58. The second-order valence-electron chi connectivity index (χ2n) is 5.75. The molecule has 0 saturated heterocycles. The summed E-state index contributed by atoms with van der Waals surface area (Å²) in [5.74, 6) is 3.08. The molecule has 1 atom stereocenters. The first-order valence-electron chi connectivity index (χ1n) is 7.79. The van der Waals surface area contributed by atoms with Gasteiger partial charge in [-0.25, -0.2) is 0 Å². The molecule has 0 amide bonds. The molecule has 2 aromatic rings. The Morgan fingerprint density at radius 1 is 1.38 bits per heavy atom. The number of nitrogens with zero attached hydrogens (tertiary/aromatic N) is 3. The normalized spacial score (nSPS) is 20.0. The van der Waals surface area contributed by atoms with Crippen molar-refractivity contribution in [3.63, 3.8) is 0 Å². The van der Waals surface area contributed by atoms with E-state index in [1.54, 1.807) is 0 Å². The smallest absolute Gasteiger partial charge is 0.164 e. The molecule has 0 saturated carbocycles. The van der Waals surface area contributed by atoms with Crippen LogP contribution in [-0.2, 0) is 13.0 Å². The lowest BCUT2D eigenvalue weighted by Gasteiger charge is -2.24. The monoisotopic (exact) mass is 284 g/mol. The van der Waals surface area contributed by atoms with Crippen molar-refractivity contribution >= 4 is 0 Å². The van der Waals surface area contributed by atoms with Gasteiger partial charge in [-0.1, -0.05) is 13.3 Å². The van der Waals surface area contributed by atoms with E-state index in [9.17, 15) is 0 Å². The second kappa shape index (κ2) is 5.15. The van der Waals surface area contributed by atoms with Gasteiger partial charge in [0.2, 0.25) is 0 Å². The van der Waals surface area contributed by atoms with Gasteiger partial charge in [0.05, 0.1) is 12.6 Å². The number of ether oxygens (including phenoxy) is 1. The van der Waals surface area contributed by atoms with E-state index in [2.05, 4.69) is 45.2 Å². The molecule has 0 radical (unpaired) electrons. The van der Waals surface area contributed by atoms with Crippen LogP contribution in [0.5, 0.6) is 5.75 Å². The summed E-state index contributed by atoms with van der Waals surface area (Å²) < 4.78 is 7.85. The molecule has 0 spiro atoms. The third-order valence-electron chi connectivity index (χ3n) is 4.34. The van der Waals surface area contributed by atoms with Crippen molar-refractivity contribution in [2.45, 2.75) is 38.8 Å². The summed E-state index contributed by atoms with van der Waals surface area (Å²) in [6.45, 7) is 4.92. The zero-order chi connectivity index (χ0) is 14.2. The maximum Gasteiger partial charge on any atom is 0.164 e. The Morgan fingerprint density at radius 3 is 3.24 bits per heavy atom. The summed E-state index contributed by atoms with van der Waals surface area (Å²) in [6, 6.07) is 6.70. The Kier molecular flexibility index (Phi) is 3.15. The molecule has 3 heterocycles. The first-order chi connectivity index (χ1) is 10.4. The highest BCUT2D eigenvalue weighted by atomic mass is 16.5. The van der Waals surface area contributed by atoms with Crippen LogP contribution >= 0.6 is 0 Å². The number of rotatable bonds is 3. The van der Waals surface area contributed by atoms with Gasteiger partial charge in [0, 0.05) is 25.1 Å². The van der Waals surface area contributed by atoms with Crippen LogP contribution in [0.4, 0.5) is 0 Å². The molecule has 4 rings (SSSR count). The molecule has 21 heavy (non-hydrogen) atoms. The molecule has 1 unspecified atom stereocenters. The van der Waals surface area contributed by atoms with Gasteiger partial charge < -0.3 is 14.6 Å². The second-order valence-corrected chi connectivity index (χ2v) is 5.75. The summed E-state index contributed by atoms with van der Waals surface area (Å²) in [4.78, 5) is 0. The lowest BCUT2D eigenvalue weighted by molar-refractivity contribution is 0.357. The number of hydrogen-bond donors (Lipinski definition) is 1. The average molecular weight is 284 g/mol. The summed E-state index contributed by atoms with van der Waals surface area (Å²) >= 11 is 0. The summed E-state index contributed by atoms with van der Waals surface area (Å²) in [5.41, 5.74) is 2.43. The van der Waals surface area contributed by atoms with E-state index in [1.807, 2.05) is 0 Å². The quantitative estimate of drug-likeness (QED) is 0.940. The summed E-state index contributed by atoms with van der Waals surface area (Å²) in [5, 5.41) is 12.4. The van der Waals surface area contributed by atoms with Crippen molar-refractivity contribution in [3.05, 3.63) is 29.6 Å². The minimum absolute atomic E-state index is 0.336. The largest absolute Gasteiger partial charge is 0.493 e. The highest BCUT2D eigenvalue weighted by Crippen LogP contribution is 2.31. The number of benzene rings is 1. The van der Waals surface area contributed by atoms with E-state index >= 15 is 0 Å². The minimum atomic E-state index is 0.336. The first-order valence-corrected chi connectivity index (χ1v) is 7.79. The predicted octanol–water partition coefficient (Wildman–Crippen LogP) is 2.32. The first kappa shape index (κ1) is 12.8. The van der Waals surface area contributed by atoms with Gasteiger partial charge in [0.15, 0.2) is 11.6 Å². The van der Waals surface area contributed by atoms with Crippen LogP contribution in [0, 0.1) is 0 Å². The highest BCUT2D eigenvalue weighted by Gasteiger charge is 2.25. The molecule has 1 aromatic heterocycles. The van der Waals surface area contributed by atoms with Gasteiger partial charge in [0.1, 0.15) is 5.75 Å². The average Bonchev–Trinajstić information content (AvgIpc) is 3.13. The molecule has 2 aliphatic rings. The van der Waals surface area contributed by atoms with E-state index in [-0.39, 0.29) is 0 Å². The zero-order valence-corrected chi connectivity index (χ0v) is 12.3. The van der Waals surface area contributed by atoms with Crippen LogP contribution in [-0.4, -0.2) is 27.9 Å². The Bertz CT molecular complexity index is 664. The molecule has 0 fully saturated rings. The topological polar surface area (TPSA) is 52.0 Å². The highest BCUT2D eigenvalue weighted by molar-refractivity contribution is 5.60. The van der Waals surface area contributed by atoms with Gasteiger partial charge >= 0.3 is 0 Å². The molecule has 1 N–H and O–H groups in total. The third-order valence-corrected chi connectivity index (χ3v) is 4.34. The van der Waals surface area contributed by atoms with Crippen LogP contribution in [0.1, 0.15) is 37.2 Å². The van der Waals surface area contributed by atoms with Crippen LogP contribution in [0.3, 0.4) is 0 Å². The Labute approximate surface area is 124 Å². The predicted molar refractivity (Wildman–Crippen MR) is 80.3 cm³/mol. The van der Waals surface area contributed by atoms with Crippen molar-refractivity contribution < 1.29 is 4.74 Å². The molecule has 0 aliphatic carbocycles. The van der Waals surface area contributed by atoms with E-state index < -0.39 is 0 Å². The fraction of sp³-hybridized carbons (Fsp3) is 0.500. The van der Waals surface area contributed by atoms with Crippen LogP contribution in [0.15, 0.2) is 18.2 Å². The molecule has 110 valence electrons. The van der Waals surface area contributed by atoms with Gasteiger partial charge in [0.25, 0.3) is 0 Å². The number of aromatic nitrogens is 3. The SMILES string of the molecule is CCCC1NCCn2c(-c3ccc4c(c3)CCO4)nnc21. The van der Waals surface area contributed by atoms with E-state index in [1.165, 1.54) is 5.56 Å². The molecule has 5 nitrogen and oxygen atoms in total. The van der Waals surface area contributed by atoms with Crippen LogP contribution in [0.25, 0.3) is 11.4 Å². The van der Waals surface area contributed by atoms with Crippen molar-refractivity contribution in [2.75, 3.05) is 13.2 Å². The van der Waals surface area contributed by atoms with E-state index in [0.717, 1.165) is 61.9 Å². The van der Waals surface area contributed by atoms with Gasteiger partial charge in [-0.2, -0.15) is 0 Å². The number of fused-ring (bicyclic) bond motifs is 2. The fourth-order valence-corrected chi connectivity index (χ4v) is 3.29. The van der Waals surface area contributed by atoms with Crippen molar-refractivity contribution in [1.29, 1.82) is 0 Å². The zero-order valence-electron chi connectivity index (χ0n) is 12.3. The van der Waals surface area contributed by atoms with Gasteiger partial charge in [-0.3, -0.25) is 0 Å². The molecule has 5 heteroatoms. The lowest BCUT2D eigenvalue weighted by atomic mass is 10.1. The molecule has 2 aliphatic heterocycles. The van der Waals surface area contributed by atoms with Gasteiger partial charge in [-0.05, 0) is 30.2 Å². The number of nitrogens with one attached hydrogen (secondary N) is 1. The molecule has 1 aromatic carbocycles. The lowest BCUT2D eigenvalue weighted by Crippen LogP contribution is -2.33. The standard InChI is InChI=1S/C16H20N4O/c1-2-3-13-16-19-18-15(20(16)8-7-17-13)12-4-5-14-11(10-12)6-9-21-14/h4-5,10,13,17H,2-3,6-9H2,1H3. The third kappa shape index (κ3) is 2.12. The van der Waals surface area contributed by atoms with Crippen molar-refractivity contribution in [2.24, 2.45) is 0 Å². The van der Waals surface area contributed by atoms with Crippen molar-refractivity contribution in [1.82, 2.24) is 20.1 Å². The number of hydrogen-bond acceptors (Lipinski definition) is 4. The molecular weight excluding hydrogens is 264 g/mol. The molecular formula is C16H20N4O. The van der Waals surface area contributed by atoms with E-state index in [4.69, 9.17) is 4.74 Å². The Morgan fingerprint density at radius 2 is 2.33 bits per heavy atom. The van der Waals surface area contributed by atoms with Crippen molar-refractivity contribution in [3.8, 4) is 17.1 Å². The molecule has 0 bridgehead atoms. The maximum absolute atomic E-state index is 5.58. The fourth-order valence-electron chi connectivity index (χ4n) is 3.29. The van der Waals surface area contributed by atoms with E-state index in [0.29, 0.717) is 6.04 Å². The minimum Gasteiger partial charge on any atom is -0.493 e. The van der Waals surface area contributed by atoms with Crippen LogP contribution < -0.4 is 10.1 Å². The van der Waals surface area contributed by atoms with Crippen LogP contribution in [0.2, 0.25) is 0 Å². The Balaban J connectivity index is 1.73. The summed E-state index contributed by atoms with van der Waals surface area (Å²) in [7, 11) is 0. The Hall–Kier alpha value is -1.88. The van der Waals surface area contributed by atoms with Gasteiger partial charge in [-0.15, -0.1) is 10.2 Å². The summed E-state index contributed by atoms with van der Waals surface area (Å²) in [6.07, 6.45) is 3.25.